The average Bonchev–Trinajstić information content (AvgIpc) is 3.17. The molecule has 31 heavy (non-hydrogen) atoms. The lowest BCUT2D eigenvalue weighted by Gasteiger charge is -2.08. The van der Waals surface area contributed by atoms with E-state index in [1.54, 1.807) is 48.5 Å². The number of fused-ring (bicyclic) bond motifs is 1. The van der Waals surface area contributed by atoms with E-state index >= 15 is 0 Å². The molecule has 3 aromatic carbocycles. The van der Waals surface area contributed by atoms with Crippen molar-refractivity contribution in [2.45, 2.75) is 6.61 Å². The predicted molar refractivity (Wildman–Crippen MR) is 116 cm³/mol. The Bertz CT molecular complexity index is 1150. The molecule has 0 bridgehead atoms. The molecule has 0 saturated heterocycles. The molecule has 1 heterocycles. The molecule has 3 aromatic rings. The van der Waals surface area contributed by atoms with Gasteiger partial charge in [-0.15, -0.1) is 0 Å². The van der Waals surface area contributed by atoms with Crippen LogP contribution in [-0.4, -0.2) is 24.3 Å². The van der Waals surface area contributed by atoms with Crippen LogP contribution >= 0.6 is 0 Å². The number of hydrogen-bond acceptors (Lipinski definition) is 5. The zero-order chi connectivity index (χ0) is 21.6. The van der Waals surface area contributed by atoms with Crippen molar-refractivity contribution in [1.82, 2.24) is 0 Å². The fourth-order valence-corrected chi connectivity index (χ4v) is 3.10. The Kier molecular flexibility index (Phi) is 5.89. The van der Waals surface area contributed by atoms with Crippen LogP contribution in [0, 0.1) is 0 Å². The van der Waals surface area contributed by atoms with Crippen LogP contribution in [0.5, 0.6) is 5.75 Å². The van der Waals surface area contributed by atoms with E-state index in [9.17, 15) is 14.4 Å². The van der Waals surface area contributed by atoms with E-state index in [0.717, 1.165) is 11.1 Å². The number of benzene rings is 3. The van der Waals surface area contributed by atoms with Gasteiger partial charge in [-0.25, -0.2) is 4.79 Å². The molecule has 0 saturated carbocycles. The van der Waals surface area contributed by atoms with Gasteiger partial charge in [0.1, 0.15) is 12.4 Å². The Labute approximate surface area is 179 Å². The predicted octanol–water partition coefficient (Wildman–Crippen LogP) is 4.27. The van der Waals surface area contributed by atoms with Crippen LogP contribution in [0.4, 0.5) is 5.69 Å². The van der Waals surface area contributed by atoms with E-state index in [0.29, 0.717) is 22.6 Å². The summed E-state index contributed by atoms with van der Waals surface area (Å²) in [5.74, 6) is -0.330. The molecular formula is C25H19NO5. The van der Waals surface area contributed by atoms with Crippen molar-refractivity contribution < 1.29 is 23.9 Å². The van der Waals surface area contributed by atoms with Crippen LogP contribution in [0.15, 0.2) is 78.9 Å². The van der Waals surface area contributed by atoms with E-state index in [2.05, 4.69) is 5.32 Å². The fourth-order valence-electron chi connectivity index (χ4n) is 3.10. The quantitative estimate of drug-likeness (QED) is 0.355. The second-order valence-corrected chi connectivity index (χ2v) is 6.92. The Balaban J connectivity index is 1.29. The molecule has 0 aliphatic carbocycles. The molecule has 1 amide bonds. The first-order chi connectivity index (χ1) is 15.1. The highest BCUT2D eigenvalue weighted by atomic mass is 16.5. The van der Waals surface area contributed by atoms with Crippen molar-refractivity contribution in [3.63, 3.8) is 0 Å². The van der Waals surface area contributed by atoms with Gasteiger partial charge in [-0.3, -0.25) is 9.59 Å². The number of allylic oxidation sites excluding steroid dienone is 1. The summed E-state index contributed by atoms with van der Waals surface area (Å²) in [6, 6.07) is 21.2. The molecule has 1 aliphatic heterocycles. The molecule has 0 spiro atoms. The number of carbonyl (C=O) groups excluding carboxylic acids is 3. The summed E-state index contributed by atoms with van der Waals surface area (Å²) in [5, 5.41) is 2.72. The number of ether oxygens (including phenoxy) is 2. The normalized spacial score (nSPS) is 12.3. The number of cyclic esters (lactones) is 1. The van der Waals surface area contributed by atoms with Crippen molar-refractivity contribution >= 4 is 29.4 Å². The van der Waals surface area contributed by atoms with Crippen LogP contribution in [0.25, 0.3) is 6.08 Å². The van der Waals surface area contributed by atoms with Crippen LogP contribution in [-0.2, 0) is 16.1 Å². The van der Waals surface area contributed by atoms with E-state index in [-0.39, 0.29) is 30.9 Å². The van der Waals surface area contributed by atoms with Crippen molar-refractivity contribution in [3.8, 4) is 5.75 Å². The van der Waals surface area contributed by atoms with Gasteiger partial charge in [0, 0.05) is 16.8 Å². The topological polar surface area (TPSA) is 81.7 Å². The highest BCUT2D eigenvalue weighted by molar-refractivity contribution is 6.06. The van der Waals surface area contributed by atoms with Gasteiger partial charge in [-0.2, -0.15) is 0 Å². The van der Waals surface area contributed by atoms with Gasteiger partial charge >= 0.3 is 5.97 Å². The molecule has 0 radical (unpaired) electrons. The molecule has 1 N–H and O–H groups in total. The van der Waals surface area contributed by atoms with E-state index in [1.165, 1.54) is 6.08 Å². The highest BCUT2D eigenvalue weighted by Gasteiger charge is 2.21. The third-order valence-corrected chi connectivity index (χ3v) is 4.70. The second-order valence-electron chi connectivity index (χ2n) is 6.92. The van der Waals surface area contributed by atoms with Gasteiger partial charge in [0.15, 0.2) is 12.4 Å². The maximum absolute atomic E-state index is 12.3. The van der Waals surface area contributed by atoms with Crippen molar-refractivity contribution in [2.24, 2.45) is 0 Å². The summed E-state index contributed by atoms with van der Waals surface area (Å²) in [6.07, 6.45) is 3.28. The zero-order valence-corrected chi connectivity index (χ0v) is 16.5. The van der Waals surface area contributed by atoms with Gasteiger partial charge < -0.3 is 14.8 Å². The first-order valence-corrected chi connectivity index (χ1v) is 9.69. The summed E-state index contributed by atoms with van der Waals surface area (Å²) >= 11 is 0. The molecule has 0 aromatic heterocycles. The van der Waals surface area contributed by atoms with Gasteiger partial charge in [-0.1, -0.05) is 36.4 Å². The van der Waals surface area contributed by atoms with E-state index < -0.39 is 0 Å². The standard InChI is InChI=1S/C25H19NO5/c27-23(13-6-17-4-2-1-3-5-17)18-7-10-21(11-8-18)30-16-24(28)26-20-9-12-22-19(14-20)15-31-25(22)29/h1-14H,15-16H2,(H,26,28)/b13-6+. The number of amides is 1. The summed E-state index contributed by atoms with van der Waals surface area (Å²) in [6.45, 7) is 0.0215. The molecule has 4 rings (SSSR count). The maximum atomic E-state index is 12.3. The lowest BCUT2D eigenvalue weighted by molar-refractivity contribution is -0.118. The molecule has 6 nitrogen and oxygen atoms in total. The molecule has 6 heteroatoms. The largest absolute Gasteiger partial charge is 0.484 e. The second kappa shape index (κ2) is 9.09. The summed E-state index contributed by atoms with van der Waals surface area (Å²) in [4.78, 5) is 35.9. The lowest BCUT2D eigenvalue weighted by Crippen LogP contribution is -2.20. The Morgan fingerprint density at radius 2 is 1.77 bits per heavy atom. The first-order valence-electron chi connectivity index (χ1n) is 9.69. The number of nitrogens with one attached hydrogen (secondary N) is 1. The van der Waals surface area contributed by atoms with Gasteiger partial charge in [-0.05, 0) is 54.1 Å². The maximum Gasteiger partial charge on any atom is 0.338 e. The molecule has 154 valence electrons. The summed E-state index contributed by atoms with van der Waals surface area (Å²) in [7, 11) is 0. The van der Waals surface area contributed by atoms with Crippen molar-refractivity contribution in [3.05, 3.63) is 101 Å². The first kappa shape index (κ1) is 20.1. The van der Waals surface area contributed by atoms with Crippen LogP contribution in [0.2, 0.25) is 0 Å². The van der Waals surface area contributed by atoms with E-state index in [4.69, 9.17) is 9.47 Å². The zero-order valence-electron chi connectivity index (χ0n) is 16.5. The number of carbonyl (C=O) groups is 3. The van der Waals surface area contributed by atoms with Crippen LogP contribution < -0.4 is 10.1 Å². The SMILES string of the molecule is O=C(COc1ccc(C(=O)/C=C/c2ccccc2)cc1)Nc1ccc2c(c1)COC2=O. The molecule has 1 aliphatic rings. The summed E-state index contributed by atoms with van der Waals surface area (Å²) in [5.41, 5.74) is 3.30. The number of hydrogen-bond donors (Lipinski definition) is 1. The number of anilines is 1. The Hall–Kier alpha value is -4.19. The Morgan fingerprint density at radius 3 is 2.55 bits per heavy atom. The molecule has 0 atom stereocenters. The molecule has 0 unspecified atom stereocenters. The van der Waals surface area contributed by atoms with Gasteiger partial charge in [0.25, 0.3) is 5.91 Å². The monoisotopic (exact) mass is 413 g/mol. The molecule has 0 fully saturated rings. The highest BCUT2D eigenvalue weighted by Crippen LogP contribution is 2.23. The number of esters is 1. The average molecular weight is 413 g/mol. The number of rotatable bonds is 7. The molecular weight excluding hydrogens is 394 g/mol. The smallest absolute Gasteiger partial charge is 0.338 e. The van der Waals surface area contributed by atoms with E-state index in [1.807, 2.05) is 30.3 Å². The van der Waals surface area contributed by atoms with Crippen molar-refractivity contribution in [2.75, 3.05) is 11.9 Å². The minimum Gasteiger partial charge on any atom is -0.484 e. The number of ketones is 1. The lowest BCUT2D eigenvalue weighted by atomic mass is 10.1. The third-order valence-electron chi connectivity index (χ3n) is 4.70. The minimum absolute atomic E-state index is 0.118. The fraction of sp³-hybridized carbons (Fsp3) is 0.0800. The Morgan fingerprint density at radius 1 is 1.00 bits per heavy atom. The van der Waals surface area contributed by atoms with Crippen LogP contribution in [0.1, 0.15) is 31.8 Å². The van der Waals surface area contributed by atoms with Crippen LogP contribution in [0.3, 0.4) is 0 Å². The van der Waals surface area contributed by atoms with Crippen molar-refractivity contribution in [1.29, 1.82) is 0 Å². The summed E-state index contributed by atoms with van der Waals surface area (Å²) < 4.78 is 10.4. The van der Waals surface area contributed by atoms with Gasteiger partial charge in [0.2, 0.25) is 0 Å². The third kappa shape index (κ3) is 5.05. The minimum atomic E-state index is -0.353. The van der Waals surface area contributed by atoms with Gasteiger partial charge in [0.05, 0.1) is 5.56 Å².